The number of amides is 1. The van der Waals surface area contributed by atoms with Crippen LogP contribution in [0.2, 0.25) is 0 Å². The van der Waals surface area contributed by atoms with Gasteiger partial charge in [0.1, 0.15) is 17.8 Å². The third-order valence-corrected chi connectivity index (χ3v) is 6.90. The summed E-state index contributed by atoms with van der Waals surface area (Å²) in [4.78, 5) is 27.2. The fourth-order valence-electron chi connectivity index (χ4n) is 4.92. The second kappa shape index (κ2) is 7.81. The summed E-state index contributed by atoms with van der Waals surface area (Å²) in [6, 6.07) is 4.60. The Morgan fingerprint density at radius 1 is 1.28 bits per heavy atom. The van der Waals surface area contributed by atoms with E-state index in [1.165, 1.54) is 6.07 Å². The van der Waals surface area contributed by atoms with Crippen molar-refractivity contribution >= 4 is 22.8 Å². The van der Waals surface area contributed by atoms with Gasteiger partial charge in [0.25, 0.3) is 0 Å². The summed E-state index contributed by atoms with van der Waals surface area (Å²) >= 11 is 0. The first-order valence-corrected chi connectivity index (χ1v) is 10.8. The number of halogens is 2. The minimum absolute atomic E-state index is 0.106. The molecule has 168 valence electrons. The van der Waals surface area contributed by atoms with Crippen LogP contribution in [-0.2, 0) is 4.79 Å². The summed E-state index contributed by atoms with van der Waals surface area (Å²) in [7, 11) is 0. The van der Waals surface area contributed by atoms with Gasteiger partial charge in [-0.2, -0.15) is 0 Å². The van der Waals surface area contributed by atoms with Gasteiger partial charge in [0, 0.05) is 25.2 Å². The number of H-pyrrole nitrogens is 1. The maximum absolute atomic E-state index is 13.5. The summed E-state index contributed by atoms with van der Waals surface area (Å²) in [5.41, 5.74) is 0.912. The molecule has 1 saturated heterocycles. The zero-order valence-electron chi connectivity index (χ0n) is 17.7. The monoisotopic (exact) mass is 441 g/mol. The first-order valence-electron chi connectivity index (χ1n) is 10.8. The normalized spacial score (nSPS) is 21.5. The number of carbonyl (C=O) groups excluding carboxylic acids is 1. The Morgan fingerprint density at radius 3 is 2.84 bits per heavy atom. The predicted octanol–water partition coefficient (Wildman–Crippen LogP) is 3.08. The van der Waals surface area contributed by atoms with Gasteiger partial charge in [0.2, 0.25) is 5.91 Å². The SMILES string of the molecule is CC(NC(=O)[C@H]1CCN(c2ncnc3[nH]ccc23)CC12CC2)C(O)c1ccc(F)c(F)c1. The molecule has 1 amide bonds. The molecule has 7 nitrogen and oxygen atoms in total. The summed E-state index contributed by atoms with van der Waals surface area (Å²) in [5.74, 6) is -1.39. The number of aromatic amines is 1. The number of fused-ring (bicyclic) bond motifs is 1. The largest absolute Gasteiger partial charge is 0.386 e. The van der Waals surface area contributed by atoms with Crippen LogP contribution in [0.1, 0.15) is 37.9 Å². The number of carbonyl (C=O) groups is 1. The van der Waals surface area contributed by atoms with Gasteiger partial charge in [-0.05, 0) is 55.4 Å². The lowest BCUT2D eigenvalue weighted by Gasteiger charge is -2.39. The summed E-state index contributed by atoms with van der Waals surface area (Å²) in [5, 5.41) is 14.4. The van der Waals surface area contributed by atoms with E-state index in [4.69, 9.17) is 0 Å². The van der Waals surface area contributed by atoms with E-state index < -0.39 is 23.8 Å². The number of anilines is 1. The highest BCUT2D eigenvalue weighted by Gasteiger charge is 2.55. The van der Waals surface area contributed by atoms with Crippen LogP contribution in [0, 0.1) is 23.0 Å². The highest BCUT2D eigenvalue weighted by Crippen LogP contribution is 2.56. The van der Waals surface area contributed by atoms with Crippen LogP contribution < -0.4 is 10.2 Å². The van der Waals surface area contributed by atoms with Crippen molar-refractivity contribution in [1.29, 1.82) is 0 Å². The topological polar surface area (TPSA) is 94.1 Å². The zero-order chi connectivity index (χ0) is 22.5. The van der Waals surface area contributed by atoms with E-state index in [1.807, 2.05) is 12.3 Å². The molecule has 2 aromatic heterocycles. The maximum atomic E-state index is 13.5. The van der Waals surface area contributed by atoms with Crippen molar-refractivity contribution in [2.75, 3.05) is 18.0 Å². The predicted molar refractivity (Wildman–Crippen MR) is 115 cm³/mol. The standard InChI is InChI=1S/C23H25F2N5O2/c1-13(19(31)14-2-3-17(24)18(25)10-14)29-22(32)16-5-9-30(11-23(16)6-7-23)21-15-4-8-26-20(15)27-12-28-21/h2-4,8,10,12-13,16,19,31H,5-7,9,11H2,1H3,(H,29,32)(H,26,27,28)/t13?,16-,19?/m1/s1. The van der Waals surface area contributed by atoms with Crippen molar-refractivity contribution in [2.24, 2.45) is 11.3 Å². The third-order valence-electron chi connectivity index (χ3n) is 6.90. The summed E-state index contributed by atoms with van der Waals surface area (Å²) in [6.07, 6.45) is 4.86. The molecule has 0 radical (unpaired) electrons. The summed E-state index contributed by atoms with van der Waals surface area (Å²) < 4.78 is 26.7. The lowest BCUT2D eigenvalue weighted by molar-refractivity contribution is -0.129. The number of aromatic nitrogens is 3. The quantitative estimate of drug-likeness (QED) is 0.566. The molecule has 9 heteroatoms. The van der Waals surface area contributed by atoms with Gasteiger partial charge < -0.3 is 20.3 Å². The second-order valence-electron chi connectivity index (χ2n) is 8.98. The summed E-state index contributed by atoms with van der Waals surface area (Å²) in [6.45, 7) is 3.10. The van der Waals surface area contributed by atoms with Gasteiger partial charge >= 0.3 is 0 Å². The van der Waals surface area contributed by atoms with Gasteiger partial charge in [0.05, 0.1) is 17.5 Å². The highest BCUT2D eigenvalue weighted by molar-refractivity contribution is 5.87. The van der Waals surface area contributed by atoms with Crippen LogP contribution in [0.15, 0.2) is 36.8 Å². The molecule has 1 aliphatic carbocycles. The Kier molecular flexibility index (Phi) is 5.08. The highest BCUT2D eigenvalue weighted by atomic mass is 19.2. The Hall–Kier alpha value is -3.07. The number of piperidine rings is 1. The van der Waals surface area contributed by atoms with E-state index in [2.05, 4.69) is 25.2 Å². The third kappa shape index (κ3) is 3.60. The molecule has 3 N–H and O–H groups in total. The molecule has 2 aliphatic rings. The van der Waals surface area contributed by atoms with E-state index in [1.54, 1.807) is 13.3 Å². The molecular weight excluding hydrogens is 416 g/mol. The minimum Gasteiger partial charge on any atom is -0.386 e. The molecule has 2 fully saturated rings. The number of aliphatic hydroxyl groups is 1. The first kappa shape index (κ1) is 20.8. The van der Waals surface area contributed by atoms with E-state index in [0.29, 0.717) is 13.0 Å². The Balaban J connectivity index is 1.27. The van der Waals surface area contributed by atoms with Gasteiger partial charge in [-0.3, -0.25) is 4.79 Å². The number of nitrogens with zero attached hydrogens (tertiary/aromatic N) is 3. The molecule has 0 bridgehead atoms. The molecule has 3 heterocycles. The van der Waals surface area contributed by atoms with Crippen molar-refractivity contribution < 1.29 is 18.7 Å². The molecule has 2 unspecified atom stereocenters. The van der Waals surface area contributed by atoms with Gasteiger partial charge in [0.15, 0.2) is 11.6 Å². The fourth-order valence-corrected chi connectivity index (χ4v) is 4.92. The van der Waals surface area contributed by atoms with Crippen molar-refractivity contribution in [1.82, 2.24) is 20.3 Å². The molecule has 3 aromatic rings. The number of nitrogens with one attached hydrogen (secondary N) is 2. The number of hydrogen-bond acceptors (Lipinski definition) is 5. The number of hydrogen-bond donors (Lipinski definition) is 3. The van der Waals surface area contributed by atoms with Crippen LogP contribution in [0.5, 0.6) is 0 Å². The molecule has 5 rings (SSSR count). The number of benzene rings is 1. The zero-order valence-corrected chi connectivity index (χ0v) is 17.7. The number of rotatable bonds is 5. The molecule has 32 heavy (non-hydrogen) atoms. The average molecular weight is 441 g/mol. The Morgan fingerprint density at radius 2 is 2.09 bits per heavy atom. The van der Waals surface area contributed by atoms with E-state index >= 15 is 0 Å². The van der Waals surface area contributed by atoms with Crippen molar-refractivity contribution in [3.05, 3.63) is 54.0 Å². The second-order valence-corrected chi connectivity index (χ2v) is 8.98. The van der Waals surface area contributed by atoms with Gasteiger partial charge in [-0.25, -0.2) is 18.7 Å². The molecule has 1 aliphatic heterocycles. The molecule has 1 aromatic carbocycles. The smallest absolute Gasteiger partial charge is 0.224 e. The fraction of sp³-hybridized carbons (Fsp3) is 0.435. The minimum atomic E-state index is -1.13. The molecule has 3 atom stereocenters. The van der Waals surface area contributed by atoms with Gasteiger partial charge in [-0.1, -0.05) is 6.07 Å². The van der Waals surface area contributed by atoms with Crippen LogP contribution in [0.25, 0.3) is 11.0 Å². The molecule has 1 spiro atoms. The average Bonchev–Trinajstić information content (AvgIpc) is 3.36. The Bertz CT molecular complexity index is 1160. The number of aliphatic hydroxyl groups excluding tert-OH is 1. The lowest BCUT2D eigenvalue weighted by atomic mass is 9.81. The van der Waals surface area contributed by atoms with Gasteiger partial charge in [-0.15, -0.1) is 0 Å². The molecule has 1 saturated carbocycles. The van der Waals surface area contributed by atoms with E-state index in [0.717, 1.165) is 48.4 Å². The van der Waals surface area contributed by atoms with Crippen molar-refractivity contribution in [3.8, 4) is 0 Å². The van der Waals surface area contributed by atoms with Crippen LogP contribution in [-0.4, -0.2) is 45.1 Å². The van der Waals surface area contributed by atoms with Crippen LogP contribution in [0.3, 0.4) is 0 Å². The van der Waals surface area contributed by atoms with E-state index in [9.17, 15) is 18.7 Å². The molecular formula is C23H25F2N5O2. The maximum Gasteiger partial charge on any atom is 0.224 e. The first-order chi connectivity index (χ1) is 15.4. The lowest BCUT2D eigenvalue weighted by Crippen LogP contribution is -2.50. The Labute approximate surface area is 183 Å². The van der Waals surface area contributed by atoms with Crippen LogP contribution >= 0.6 is 0 Å². The van der Waals surface area contributed by atoms with E-state index in [-0.39, 0.29) is 22.8 Å². The van der Waals surface area contributed by atoms with Crippen molar-refractivity contribution in [2.45, 2.75) is 38.3 Å². The van der Waals surface area contributed by atoms with Crippen LogP contribution in [0.4, 0.5) is 14.6 Å². The van der Waals surface area contributed by atoms with Crippen molar-refractivity contribution in [3.63, 3.8) is 0 Å².